The molecular formula is C25H41N5O2Si2. The van der Waals surface area contributed by atoms with Crippen molar-refractivity contribution in [1.82, 2.24) is 14.6 Å². The SMILES string of the molecule is C[Si](C)(C)CCOCN(COCC[Si](C)(C)C)c1cc(C2CC/C(=C/C#N)C2)nc2ccnn12. The summed E-state index contributed by atoms with van der Waals surface area (Å²) in [6.45, 7) is 16.6. The van der Waals surface area contributed by atoms with Crippen LogP contribution < -0.4 is 4.90 Å². The van der Waals surface area contributed by atoms with Crippen molar-refractivity contribution in [1.29, 1.82) is 5.26 Å². The first-order chi connectivity index (χ1) is 16.1. The van der Waals surface area contributed by atoms with Crippen LogP contribution >= 0.6 is 0 Å². The molecule has 1 aliphatic carbocycles. The molecule has 1 unspecified atom stereocenters. The Morgan fingerprint density at radius 3 is 2.35 bits per heavy atom. The number of anilines is 1. The van der Waals surface area contributed by atoms with Crippen LogP contribution in [-0.2, 0) is 9.47 Å². The van der Waals surface area contributed by atoms with E-state index < -0.39 is 16.1 Å². The lowest BCUT2D eigenvalue weighted by Gasteiger charge is -2.27. The van der Waals surface area contributed by atoms with Gasteiger partial charge >= 0.3 is 0 Å². The van der Waals surface area contributed by atoms with Crippen LogP contribution in [0.25, 0.3) is 5.65 Å². The van der Waals surface area contributed by atoms with Gasteiger partial charge in [0, 0.05) is 59.2 Å². The third kappa shape index (κ3) is 8.05. The molecule has 0 amide bonds. The van der Waals surface area contributed by atoms with Crippen LogP contribution in [0.4, 0.5) is 5.82 Å². The molecule has 7 nitrogen and oxygen atoms in total. The minimum Gasteiger partial charge on any atom is -0.361 e. The Morgan fingerprint density at radius 1 is 1.12 bits per heavy atom. The van der Waals surface area contributed by atoms with E-state index in [4.69, 9.17) is 19.7 Å². The fourth-order valence-corrected chi connectivity index (χ4v) is 5.49. The van der Waals surface area contributed by atoms with Gasteiger partial charge in [0.1, 0.15) is 19.3 Å². The van der Waals surface area contributed by atoms with Gasteiger partial charge in [-0.1, -0.05) is 44.9 Å². The maximum atomic E-state index is 9.04. The first-order valence-electron chi connectivity index (χ1n) is 12.4. The highest BCUT2D eigenvalue weighted by molar-refractivity contribution is 6.76. The number of allylic oxidation sites excluding steroid dienone is 2. The summed E-state index contributed by atoms with van der Waals surface area (Å²) in [4.78, 5) is 7.04. The quantitative estimate of drug-likeness (QED) is 0.157. The summed E-state index contributed by atoms with van der Waals surface area (Å²) in [5.74, 6) is 1.27. The van der Waals surface area contributed by atoms with E-state index in [0.717, 1.165) is 61.7 Å². The maximum absolute atomic E-state index is 9.04. The summed E-state index contributed by atoms with van der Waals surface area (Å²) in [7, 11) is -2.32. The Morgan fingerprint density at radius 2 is 1.76 bits per heavy atom. The van der Waals surface area contributed by atoms with Crippen LogP contribution in [0.15, 0.2) is 30.0 Å². The largest absolute Gasteiger partial charge is 0.361 e. The number of hydrogen-bond donors (Lipinski definition) is 0. The average Bonchev–Trinajstić information content (AvgIpc) is 3.40. The van der Waals surface area contributed by atoms with E-state index in [0.29, 0.717) is 19.4 Å². The normalized spacial score (nSPS) is 18.0. The van der Waals surface area contributed by atoms with Crippen molar-refractivity contribution in [2.45, 2.75) is 76.6 Å². The number of fused-ring (bicyclic) bond motifs is 1. The smallest absolute Gasteiger partial charge is 0.157 e. The second kappa shape index (κ2) is 11.6. The number of nitrogens with zero attached hydrogens (tertiary/aromatic N) is 5. The van der Waals surface area contributed by atoms with E-state index in [-0.39, 0.29) is 0 Å². The molecule has 1 aliphatic rings. The second-order valence-corrected chi connectivity index (χ2v) is 23.0. The lowest BCUT2D eigenvalue weighted by Crippen LogP contribution is -2.33. The number of nitriles is 1. The van der Waals surface area contributed by atoms with Crippen LogP contribution in [0, 0.1) is 11.3 Å². The monoisotopic (exact) mass is 499 g/mol. The van der Waals surface area contributed by atoms with Gasteiger partial charge in [0.15, 0.2) is 5.65 Å². The van der Waals surface area contributed by atoms with E-state index in [1.165, 1.54) is 5.57 Å². The number of hydrogen-bond acceptors (Lipinski definition) is 6. The zero-order chi connectivity index (χ0) is 24.8. The van der Waals surface area contributed by atoms with E-state index in [9.17, 15) is 0 Å². The van der Waals surface area contributed by atoms with Crippen molar-refractivity contribution < 1.29 is 9.47 Å². The van der Waals surface area contributed by atoms with Gasteiger partial charge in [0.2, 0.25) is 0 Å². The molecule has 1 fully saturated rings. The molecule has 2 aromatic heterocycles. The lowest BCUT2D eigenvalue weighted by atomic mass is 10.0. The van der Waals surface area contributed by atoms with Gasteiger partial charge in [0.05, 0.1) is 12.3 Å². The molecule has 1 saturated carbocycles. The summed E-state index contributed by atoms with van der Waals surface area (Å²) in [6, 6.07) is 8.54. The summed E-state index contributed by atoms with van der Waals surface area (Å²) in [6.07, 6.45) is 6.36. The van der Waals surface area contributed by atoms with Gasteiger partial charge in [-0.05, 0) is 31.4 Å². The Labute approximate surface area is 206 Å². The zero-order valence-electron chi connectivity index (χ0n) is 21.8. The molecule has 0 bridgehead atoms. The third-order valence-electron chi connectivity index (χ3n) is 6.18. The van der Waals surface area contributed by atoms with Crippen LogP contribution in [0.3, 0.4) is 0 Å². The summed E-state index contributed by atoms with van der Waals surface area (Å²) < 4.78 is 14.2. The molecule has 3 rings (SSSR count). The van der Waals surface area contributed by atoms with Crippen LogP contribution in [0.5, 0.6) is 0 Å². The fraction of sp³-hybridized carbons (Fsp3) is 0.640. The molecule has 0 spiro atoms. The molecule has 2 heterocycles. The highest BCUT2D eigenvalue weighted by Gasteiger charge is 2.25. The molecule has 0 radical (unpaired) electrons. The van der Waals surface area contributed by atoms with Crippen molar-refractivity contribution in [2.24, 2.45) is 0 Å². The summed E-state index contributed by atoms with van der Waals surface area (Å²) >= 11 is 0. The van der Waals surface area contributed by atoms with E-state index in [1.807, 2.05) is 10.6 Å². The standard InChI is InChI=1S/C25H41N5O2Si2/c1-33(2,3)15-13-31-19-29(20-32-14-16-34(4,5)6)25-18-23(28-24-10-12-27-30(24)25)22-8-7-21(17-22)9-11-26/h9-10,12,18,22H,7-8,13-17,19-20H2,1-6H3/b21-9-. The van der Waals surface area contributed by atoms with Gasteiger partial charge in [-0.15, -0.1) is 0 Å². The Kier molecular flexibility index (Phi) is 9.10. The van der Waals surface area contributed by atoms with Crippen molar-refractivity contribution in [2.75, 3.05) is 31.6 Å². The first kappa shape index (κ1) is 26.6. The van der Waals surface area contributed by atoms with Gasteiger partial charge < -0.3 is 14.4 Å². The highest BCUT2D eigenvalue weighted by atomic mass is 28.3. The van der Waals surface area contributed by atoms with Gasteiger partial charge in [-0.2, -0.15) is 14.9 Å². The minimum absolute atomic E-state index is 0.320. The minimum atomic E-state index is -1.16. The molecule has 0 aliphatic heterocycles. The second-order valence-electron chi connectivity index (χ2n) is 11.7. The van der Waals surface area contributed by atoms with Gasteiger partial charge in [0.25, 0.3) is 0 Å². The Bertz CT molecular complexity index is 995. The maximum Gasteiger partial charge on any atom is 0.157 e. The third-order valence-corrected chi connectivity index (χ3v) is 9.59. The van der Waals surface area contributed by atoms with E-state index in [1.54, 1.807) is 12.3 Å². The zero-order valence-corrected chi connectivity index (χ0v) is 23.8. The van der Waals surface area contributed by atoms with E-state index >= 15 is 0 Å². The highest BCUT2D eigenvalue weighted by Crippen LogP contribution is 2.38. The van der Waals surface area contributed by atoms with Crippen LogP contribution in [-0.4, -0.2) is 57.4 Å². The van der Waals surface area contributed by atoms with Crippen molar-refractivity contribution in [3.05, 3.63) is 35.7 Å². The molecular weight excluding hydrogens is 458 g/mol. The topological polar surface area (TPSA) is 75.7 Å². The summed E-state index contributed by atoms with van der Waals surface area (Å²) in [5, 5.41) is 13.6. The molecule has 0 aromatic carbocycles. The average molecular weight is 500 g/mol. The number of rotatable bonds is 12. The molecule has 34 heavy (non-hydrogen) atoms. The van der Waals surface area contributed by atoms with Gasteiger partial charge in [-0.3, -0.25) is 0 Å². The molecule has 2 aromatic rings. The van der Waals surface area contributed by atoms with E-state index in [2.05, 4.69) is 61.4 Å². The van der Waals surface area contributed by atoms with Crippen LogP contribution in [0.2, 0.25) is 51.4 Å². The first-order valence-corrected chi connectivity index (χ1v) is 19.8. The Balaban J connectivity index is 1.81. The van der Waals surface area contributed by atoms with Crippen molar-refractivity contribution >= 4 is 27.6 Å². The number of ether oxygens (including phenoxy) is 2. The van der Waals surface area contributed by atoms with Crippen molar-refractivity contribution in [3.8, 4) is 6.07 Å². The van der Waals surface area contributed by atoms with Crippen molar-refractivity contribution in [3.63, 3.8) is 0 Å². The number of aromatic nitrogens is 3. The molecule has 1 atom stereocenters. The Hall–Kier alpha value is -2.00. The molecule has 0 N–H and O–H groups in total. The van der Waals surface area contributed by atoms with Gasteiger partial charge in [-0.25, -0.2) is 4.98 Å². The fourth-order valence-electron chi connectivity index (χ4n) is 3.98. The molecule has 9 heteroatoms. The van der Waals surface area contributed by atoms with Crippen LogP contribution in [0.1, 0.15) is 30.9 Å². The predicted molar refractivity (Wildman–Crippen MR) is 144 cm³/mol. The predicted octanol–water partition coefficient (Wildman–Crippen LogP) is 5.88. The molecule has 0 saturated heterocycles. The summed E-state index contributed by atoms with van der Waals surface area (Å²) in [5.41, 5.74) is 3.10. The lowest BCUT2D eigenvalue weighted by molar-refractivity contribution is 0.0942. The molecule has 186 valence electrons.